The molecule has 41 heavy (non-hydrogen) atoms. The molecule has 232 valence electrons. The van der Waals surface area contributed by atoms with Gasteiger partial charge in [0.1, 0.15) is 35.7 Å². The average molecular weight is 573 g/mol. The Morgan fingerprint density at radius 3 is 1.98 bits per heavy atom. The van der Waals surface area contributed by atoms with E-state index in [0.717, 1.165) is 65.0 Å². The van der Waals surface area contributed by atoms with Gasteiger partial charge in [-0.15, -0.1) is 0 Å². The summed E-state index contributed by atoms with van der Waals surface area (Å²) in [7, 11) is 0. The van der Waals surface area contributed by atoms with Gasteiger partial charge in [0, 0.05) is 5.56 Å². The van der Waals surface area contributed by atoms with Crippen LogP contribution >= 0.6 is 0 Å². The molecule has 0 amide bonds. The van der Waals surface area contributed by atoms with Crippen LogP contribution in [0.2, 0.25) is 0 Å². The second kappa shape index (κ2) is 14.3. The van der Waals surface area contributed by atoms with E-state index in [4.69, 9.17) is 18.9 Å². The van der Waals surface area contributed by atoms with Crippen LogP contribution in [0.3, 0.4) is 0 Å². The van der Waals surface area contributed by atoms with Crippen molar-refractivity contribution in [2.45, 2.75) is 139 Å². The monoisotopic (exact) mass is 572 g/mol. The number of fused-ring (bicyclic) bond motifs is 1. The number of cyclic esters (lactones) is 2. The third-order valence-electron chi connectivity index (χ3n) is 9.54. The van der Waals surface area contributed by atoms with Crippen molar-refractivity contribution in [1.82, 2.24) is 0 Å². The molecule has 0 spiro atoms. The Hall–Kier alpha value is -2.24. The van der Waals surface area contributed by atoms with Crippen molar-refractivity contribution < 1.29 is 28.5 Å². The minimum atomic E-state index is -1.03. The van der Waals surface area contributed by atoms with Crippen LogP contribution in [0.15, 0.2) is 0 Å². The van der Waals surface area contributed by atoms with Crippen LogP contribution in [0, 0.1) is 43.9 Å². The lowest BCUT2D eigenvalue weighted by Crippen LogP contribution is -2.45. The molecule has 0 saturated carbocycles. The number of carbonyl (C=O) groups excluding carboxylic acids is 2. The molecule has 0 radical (unpaired) electrons. The van der Waals surface area contributed by atoms with Gasteiger partial charge >= 0.3 is 12.1 Å². The van der Waals surface area contributed by atoms with E-state index in [9.17, 15) is 9.59 Å². The first-order chi connectivity index (χ1) is 19.2. The smallest absolute Gasteiger partial charge is 0.487 e. The molecule has 1 saturated heterocycles. The third-order valence-corrected chi connectivity index (χ3v) is 9.54. The van der Waals surface area contributed by atoms with Gasteiger partial charge < -0.3 is 18.9 Å². The summed E-state index contributed by atoms with van der Waals surface area (Å²) in [6.45, 7) is 19.4. The van der Waals surface area contributed by atoms with Gasteiger partial charge in [0.15, 0.2) is 0 Å². The van der Waals surface area contributed by atoms with E-state index in [1.807, 2.05) is 13.8 Å². The molecule has 2 heterocycles. The molecule has 6 heteroatoms. The normalized spacial score (nSPS) is 21.4. The molecule has 1 fully saturated rings. The van der Waals surface area contributed by atoms with E-state index >= 15 is 0 Å². The SMILES string of the molecule is Cc1c(C)c2c(c(C)c1OC(=O)C1(C)COC(=O)OC1)CC[C@@](C)(CCC[C@H](C)CCC[C@H](C)CCCC(C)C)O2. The summed E-state index contributed by atoms with van der Waals surface area (Å²) in [5.41, 5.74) is 2.78. The van der Waals surface area contributed by atoms with E-state index in [1.165, 1.54) is 51.4 Å². The molecule has 3 rings (SSSR count). The highest BCUT2D eigenvalue weighted by Crippen LogP contribution is 2.45. The summed E-state index contributed by atoms with van der Waals surface area (Å²) in [5, 5.41) is 0. The van der Waals surface area contributed by atoms with Gasteiger partial charge in [-0.25, -0.2) is 4.79 Å². The van der Waals surface area contributed by atoms with Crippen molar-refractivity contribution in [3.05, 3.63) is 22.3 Å². The molecule has 0 bridgehead atoms. The molecule has 0 aromatic heterocycles. The highest BCUT2D eigenvalue weighted by Gasteiger charge is 2.43. The van der Waals surface area contributed by atoms with Gasteiger partial charge in [0.05, 0.1) is 0 Å². The van der Waals surface area contributed by atoms with Crippen molar-refractivity contribution in [2.24, 2.45) is 23.2 Å². The highest BCUT2D eigenvalue weighted by atomic mass is 16.7. The number of benzene rings is 1. The molecule has 1 aromatic rings. The number of hydrogen-bond donors (Lipinski definition) is 0. The fraction of sp³-hybridized carbons (Fsp3) is 0.771. The van der Waals surface area contributed by atoms with Crippen LogP contribution in [-0.4, -0.2) is 30.9 Å². The third kappa shape index (κ3) is 8.88. The van der Waals surface area contributed by atoms with E-state index in [0.29, 0.717) is 5.75 Å². The molecule has 0 N–H and O–H groups in total. The highest BCUT2D eigenvalue weighted by molar-refractivity contribution is 5.81. The van der Waals surface area contributed by atoms with Gasteiger partial charge in [-0.05, 0) is 94.7 Å². The lowest BCUT2D eigenvalue weighted by molar-refractivity contribution is -0.156. The molecular weight excluding hydrogens is 516 g/mol. The Kier molecular flexibility index (Phi) is 11.6. The zero-order valence-corrected chi connectivity index (χ0v) is 27.4. The van der Waals surface area contributed by atoms with Crippen molar-refractivity contribution >= 4 is 12.1 Å². The number of esters is 1. The van der Waals surface area contributed by atoms with Crippen molar-refractivity contribution in [3.63, 3.8) is 0 Å². The standard InChI is InChI=1S/C35H56O6/c1-23(2)13-10-14-24(3)15-11-16-25(4)17-12-19-35(9)20-18-29-28(7)30(26(5)27(6)31(29)41-35)40-32(36)34(8)21-38-33(37)39-22-34/h23-25H,10-22H2,1-9H3/t24-,25-,35-/m1/s1. The van der Waals surface area contributed by atoms with Crippen molar-refractivity contribution in [2.75, 3.05) is 13.2 Å². The topological polar surface area (TPSA) is 71.1 Å². The molecule has 0 aliphatic carbocycles. The second-order valence-corrected chi connectivity index (χ2v) is 14.2. The lowest BCUT2D eigenvalue weighted by Gasteiger charge is -2.38. The van der Waals surface area contributed by atoms with E-state index < -0.39 is 17.5 Å². The van der Waals surface area contributed by atoms with Gasteiger partial charge in [-0.2, -0.15) is 0 Å². The van der Waals surface area contributed by atoms with Crippen LogP contribution in [-0.2, 0) is 20.7 Å². The predicted molar refractivity (Wildman–Crippen MR) is 164 cm³/mol. The maximum absolute atomic E-state index is 13.1. The van der Waals surface area contributed by atoms with Gasteiger partial charge in [-0.1, -0.05) is 72.6 Å². The van der Waals surface area contributed by atoms with Crippen LogP contribution in [0.1, 0.15) is 128 Å². The van der Waals surface area contributed by atoms with Gasteiger partial charge in [0.25, 0.3) is 0 Å². The van der Waals surface area contributed by atoms with E-state index in [1.54, 1.807) is 6.92 Å². The zero-order chi connectivity index (χ0) is 30.4. The van der Waals surface area contributed by atoms with E-state index in [2.05, 4.69) is 41.5 Å². The Morgan fingerprint density at radius 1 is 0.829 bits per heavy atom. The summed E-state index contributed by atoms with van der Waals surface area (Å²) >= 11 is 0. The molecular formula is C35H56O6. The van der Waals surface area contributed by atoms with Crippen molar-refractivity contribution in [1.29, 1.82) is 0 Å². The quantitative estimate of drug-likeness (QED) is 0.163. The molecule has 6 nitrogen and oxygen atoms in total. The molecule has 0 unspecified atom stereocenters. The first kappa shape index (κ1) is 33.3. The summed E-state index contributed by atoms with van der Waals surface area (Å²) in [5.74, 6) is 3.50. The fourth-order valence-electron chi connectivity index (χ4n) is 6.27. The van der Waals surface area contributed by atoms with E-state index in [-0.39, 0.29) is 18.8 Å². The molecule has 1 aromatic carbocycles. The lowest BCUT2D eigenvalue weighted by atomic mass is 9.83. The minimum absolute atomic E-state index is 0.0513. The van der Waals surface area contributed by atoms with Crippen LogP contribution in [0.5, 0.6) is 11.5 Å². The second-order valence-electron chi connectivity index (χ2n) is 14.2. The van der Waals surface area contributed by atoms with Crippen molar-refractivity contribution in [3.8, 4) is 11.5 Å². The number of ether oxygens (including phenoxy) is 4. The summed E-state index contributed by atoms with van der Waals surface area (Å²) in [6.07, 6.45) is 12.7. The Balaban J connectivity index is 1.53. The predicted octanol–water partition coefficient (Wildman–Crippen LogP) is 9.21. The minimum Gasteiger partial charge on any atom is -0.487 e. The molecule has 2 aliphatic rings. The number of hydrogen-bond acceptors (Lipinski definition) is 6. The summed E-state index contributed by atoms with van der Waals surface area (Å²) in [6, 6.07) is 0. The summed E-state index contributed by atoms with van der Waals surface area (Å²) in [4.78, 5) is 24.4. The van der Waals surface area contributed by atoms with Crippen LogP contribution in [0.25, 0.3) is 0 Å². The molecule has 2 aliphatic heterocycles. The summed E-state index contributed by atoms with van der Waals surface area (Å²) < 4.78 is 22.6. The Labute approximate surface area is 249 Å². The number of carbonyl (C=O) groups is 2. The first-order valence-electron chi connectivity index (χ1n) is 16.1. The Bertz CT molecular complexity index is 1050. The first-order valence-corrected chi connectivity index (χ1v) is 16.1. The van der Waals surface area contributed by atoms with Crippen LogP contribution < -0.4 is 9.47 Å². The maximum atomic E-state index is 13.1. The fourth-order valence-corrected chi connectivity index (χ4v) is 6.27. The molecule has 3 atom stereocenters. The van der Waals surface area contributed by atoms with Crippen LogP contribution in [0.4, 0.5) is 4.79 Å². The number of rotatable bonds is 14. The largest absolute Gasteiger partial charge is 0.508 e. The zero-order valence-electron chi connectivity index (χ0n) is 27.4. The van der Waals surface area contributed by atoms with Gasteiger partial charge in [0.2, 0.25) is 0 Å². The van der Waals surface area contributed by atoms with Gasteiger partial charge in [-0.3, -0.25) is 4.79 Å². The average Bonchev–Trinajstić information content (AvgIpc) is 2.91. The maximum Gasteiger partial charge on any atom is 0.508 e. The Morgan fingerprint density at radius 2 is 1.39 bits per heavy atom.